The summed E-state index contributed by atoms with van der Waals surface area (Å²) < 4.78 is 15.1. The highest BCUT2D eigenvalue weighted by molar-refractivity contribution is 5.77. The molecule has 25 heavy (non-hydrogen) atoms. The third-order valence-electron chi connectivity index (χ3n) is 5.11. The maximum absolute atomic E-state index is 13.5. The molecule has 0 aliphatic carbocycles. The lowest BCUT2D eigenvalue weighted by Crippen LogP contribution is -2.36. The molecule has 6 heteroatoms. The second kappa shape index (κ2) is 7.62. The average molecular weight is 346 g/mol. The van der Waals surface area contributed by atoms with E-state index in [0.29, 0.717) is 16.9 Å². The Hall–Kier alpha value is -1.79. The number of rotatable bonds is 4. The normalized spacial score (nSPS) is 20.6. The fourth-order valence-electron chi connectivity index (χ4n) is 3.65. The van der Waals surface area contributed by atoms with Crippen LogP contribution in [0.15, 0.2) is 23.0 Å². The molecule has 1 N–H and O–H groups in total. The van der Waals surface area contributed by atoms with Crippen LogP contribution in [-0.2, 0) is 7.05 Å². The molecule has 1 aromatic carbocycles. The smallest absolute Gasteiger partial charge is 0.261 e. The van der Waals surface area contributed by atoms with E-state index in [9.17, 15) is 9.18 Å². The summed E-state index contributed by atoms with van der Waals surface area (Å²) in [5, 5.41) is 3.85. The minimum absolute atomic E-state index is 0.101. The Morgan fingerprint density at radius 3 is 2.96 bits per heavy atom. The van der Waals surface area contributed by atoms with Gasteiger partial charge in [0.2, 0.25) is 0 Å². The van der Waals surface area contributed by atoms with E-state index in [4.69, 9.17) is 4.98 Å². The zero-order valence-corrected chi connectivity index (χ0v) is 15.3. The van der Waals surface area contributed by atoms with Gasteiger partial charge in [-0.25, -0.2) is 9.37 Å². The van der Waals surface area contributed by atoms with Gasteiger partial charge in [-0.2, -0.15) is 0 Å². The average Bonchev–Trinajstić information content (AvgIpc) is 2.81. The van der Waals surface area contributed by atoms with Gasteiger partial charge in [0.15, 0.2) is 0 Å². The summed E-state index contributed by atoms with van der Waals surface area (Å²) in [6.07, 6.45) is 3.04. The van der Waals surface area contributed by atoms with Gasteiger partial charge < -0.3 is 5.32 Å². The summed E-state index contributed by atoms with van der Waals surface area (Å²) in [5.41, 5.74) is 0.392. The van der Waals surface area contributed by atoms with Crippen molar-refractivity contribution in [2.45, 2.75) is 45.2 Å². The quantitative estimate of drug-likeness (QED) is 0.925. The topological polar surface area (TPSA) is 50.2 Å². The van der Waals surface area contributed by atoms with Crippen LogP contribution in [0, 0.1) is 5.82 Å². The minimum atomic E-state index is -0.406. The number of hydrogen-bond donors (Lipinski definition) is 1. The van der Waals surface area contributed by atoms with Crippen molar-refractivity contribution >= 4 is 10.9 Å². The van der Waals surface area contributed by atoms with Gasteiger partial charge in [-0.05, 0) is 38.0 Å². The molecular weight excluding hydrogens is 319 g/mol. The zero-order chi connectivity index (χ0) is 18.0. The Balaban J connectivity index is 2.05. The molecule has 1 unspecified atom stereocenters. The first-order valence-corrected chi connectivity index (χ1v) is 9.15. The lowest BCUT2D eigenvalue weighted by atomic mass is 10.1. The molecule has 1 aliphatic heterocycles. The molecule has 3 rings (SSSR count). The summed E-state index contributed by atoms with van der Waals surface area (Å²) >= 11 is 0. The second-order valence-electron chi connectivity index (χ2n) is 6.98. The molecule has 0 radical (unpaired) electrons. The van der Waals surface area contributed by atoms with Crippen LogP contribution < -0.4 is 10.9 Å². The van der Waals surface area contributed by atoms with Crippen molar-refractivity contribution in [1.29, 1.82) is 0 Å². The summed E-state index contributed by atoms with van der Waals surface area (Å²) in [7, 11) is 1.75. The van der Waals surface area contributed by atoms with E-state index in [1.54, 1.807) is 17.7 Å². The van der Waals surface area contributed by atoms with E-state index in [1.165, 1.54) is 12.1 Å². The molecular formula is C19H27FN4O. The van der Waals surface area contributed by atoms with Crippen molar-refractivity contribution in [1.82, 2.24) is 19.8 Å². The van der Waals surface area contributed by atoms with Gasteiger partial charge in [-0.3, -0.25) is 14.3 Å². The van der Waals surface area contributed by atoms with Crippen molar-refractivity contribution in [2.24, 2.45) is 7.05 Å². The molecule has 2 aromatic rings. The summed E-state index contributed by atoms with van der Waals surface area (Å²) in [6, 6.07) is 4.85. The summed E-state index contributed by atoms with van der Waals surface area (Å²) in [6.45, 7) is 7.22. The number of halogens is 1. The van der Waals surface area contributed by atoms with E-state index < -0.39 is 5.82 Å². The highest BCUT2D eigenvalue weighted by Gasteiger charge is 2.26. The van der Waals surface area contributed by atoms with Crippen LogP contribution in [0.2, 0.25) is 0 Å². The largest absolute Gasteiger partial charge is 0.313 e. The van der Waals surface area contributed by atoms with Crippen molar-refractivity contribution in [2.75, 3.05) is 19.6 Å². The van der Waals surface area contributed by atoms with Crippen LogP contribution >= 0.6 is 0 Å². The van der Waals surface area contributed by atoms with Gasteiger partial charge in [0.1, 0.15) is 11.6 Å². The van der Waals surface area contributed by atoms with Crippen molar-refractivity contribution in [3.05, 3.63) is 40.2 Å². The number of aromatic nitrogens is 2. The lowest BCUT2D eigenvalue weighted by Gasteiger charge is -2.31. The molecule has 0 spiro atoms. The highest BCUT2D eigenvalue weighted by atomic mass is 19.1. The fourth-order valence-corrected chi connectivity index (χ4v) is 3.65. The molecule has 1 aliphatic rings. The molecule has 2 heterocycles. The van der Waals surface area contributed by atoms with Crippen LogP contribution in [0.5, 0.6) is 0 Å². The van der Waals surface area contributed by atoms with Gasteiger partial charge in [0.05, 0.1) is 16.9 Å². The molecule has 1 saturated heterocycles. The van der Waals surface area contributed by atoms with Crippen LogP contribution in [0.4, 0.5) is 4.39 Å². The fraction of sp³-hybridized carbons (Fsp3) is 0.579. The third-order valence-corrected chi connectivity index (χ3v) is 5.11. The van der Waals surface area contributed by atoms with Crippen LogP contribution in [0.25, 0.3) is 10.9 Å². The van der Waals surface area contributed by atoms with Gasteiger partial charge in [0, 0.05) is 32.7 Å². The lowest BCUT2D eigenvalue weighted by molar-refractivity contribution is 0.186. The highest BCUT2D eigenvalue weighted by Crippen LogP contribution is 2.26. The number of nitrogens with zero attached hydrogens (tertiary/aromatic N) is 3. The van der Waals surface area contributed by atoms with Gasteiger partial charge in [0.25, 0.3) is 5.56 Å². The Kier molecular flexibility index (Phi) is 5.49. The third kappa shape index (κ3) is 3.75. The molecule has 2 atom stereocenters. The number of hydrogen-bond acceptors (Lipinski definition) is 4. The monoisotopic (exact) mass is 346 g/mol. The first-order valence-electron chi connectivity index (χ1n) is 9.15. The first-order chi connectivity index (χ1) is 12.0. The van der Waals surface area contributed by atoms with Crippen molar-refractivity contribution in [3.8, 4) is 0 Å². The molecule has 0 bridgehead atoms. The van der Waals surface area contributed by atoms with Crippen LogP contribution in [0.1, 0.15) is 45.0 Å². The number of fused-ring (bicyclic) bond motifs is 1. The Labute approximate surface area is 147 Å². The Morgan fingerprint density at radius 1 is 1.40 bits per heavy atom. The second-order valence-corrected chi connectivity index (χ2v) is 6.98. The molecule has 1 aromatic heterocycles. The predicted molar refractivity (Wildman–Crippen MR) is 98.2 cm³/mol. The van der Waals surface area contributed by atoms with Gasteiger partial charge in [-0.1, -0.05) is 13.3 Å². The molecule has 1 fully saturated rings. The molecule has 5 nitrogen and oxygen atoms in total. The molecule has 136 valence electrons. The maximum Gasteiger partial charge on any atom is 0.261 e. The summed E-state index contributed by atoms with van der Waals surface area (Å²) in [4.78, 5) is 19.9. The van der Waals surface area contributed by atoms with Crippen LogP contribution in [0.3, 0.4) is 0 Å². The Bertz CT molecular complexity index is 804. The number of nitrogens with one attached hydrogen (secondary N) is 1. The molecule has 0 saturated carbocycles. The van der Waals surface area contributed by atoms with Gasteiger partial charge >= 0.3 is 0 Å². The first kappa shape index (κ1) is 18.0. The van der Waals surface area contributed by atoms with Crippen molar-refractivity contribution in [3.63, 3.8) is 0 Å². The standard InChI is InChI=1S/C19H27FN4O/c1-4-5-17(24-10-8-13(2)21-9-11-24)18-22-16-7-6-14(20)12-15(16)19(25)23(18)3/h6-7,12-13,17,21H,4-5,8-11H2,1-3H3/t13-,17?/m1/s1. The van der Waals surface area contributed by atoms with E-state index in [2.05, 4.69) is 24.1 Å². The minimum Gasteiger partial charge on any atom is -0.313 e. The van der Waals surface area contributed by atoms with E-state index >= 15 is 0 Å². The van der Waals surface area contributed by atoms with E-state index in [1.807, 2.05) is 0 Å². The van der Waals surface area contributed by atoms with Gasteiger partial charge in [-0.15, -0.1) is 0 Å². The predicted octanol–water partition coefficient (Wildman–Crippen LogP) is 2.60. The van der Waals surface area contributed by atoms with Crippen LogP contribution in [-0.4, -0.2) is 40.1 Å². The SMILES string of the molecule is CCCC(c1nc2ccc(F)cc2c(=O)n1C)N1CCN[C@H](C)CC1. The van der Waals surface area contributed by atoms with Crippen molar-refractivity contribution < 1.29 is 4.39 Å². The Morgan fingerprint density at radius 2 is 2.20 bits per heavy atom. The number of benzene rings is 1. The maximum atomic E-state index is 13.5. The summed E-state index contributed by atoms with van der Waals surface area (Å²) in [5.74, 6) is 0.373. The van der Waals surface area contributed by atoms with E-state index in [-0.39, 0.29) is 11.6 Å². The zero-order valence-electron chi connectivity index (χ0n) is 15.3. The van der Waals surface area contributed by atoms with E-state index in [0.717, 1.165) is 44.7 Å². The molecule has 0 amide bonds.